The highest BCUT2D eigenvalue weighted by atomic mass is 16.8. The molecule has 24 heavy (non-hydrogen) atoms. The van der Waals surface area contributed by atoms with Gasteiger partial charge in [0, 0.05) is 25.7 Å². The van der Waals surface area contributed by atoms with E-state index >= 15 is 0 Å². The van der Waals surface area contributed by atoms with Gasteiger partial charge in [-0.2, -0.15) is 0 Å². The van der Waals surface area contributed by atoms with Crippen LogP contribution >= 0.6 is 0 Å². The van der Waals surface area contributed by atoms with Gasteiger partial charge < -0.3 is 29.2 Å². The summed E-state index contributed by atoms with van der Waals surface area (Å²) >= 11 is 0. The Hall–Kier alpha value is -0.240. The molecule has 0 aromatic rings. The van der Waals surface area contributed by atoms with Crippen LogP contribution in [0.1, 0.15) is 64.2 Å². The molecule has 2 aliphatic heterocycles. The van der Waals surface area contributed by atoms with E-state index in [1.54, 1.807) is 0 Å². The van der Waals surface area contributed by atoms with E-state index in [4.69, 9.17) is 18.9 Å². The monoisotopic (exact) mass is 340 g/mol. The zero-order chi connectivity index (χ0) is 16.4. The minimum absolute atomic E-state index is 0.526. The van der Waals surface area contributed by atoms with Crippen LogP contribution in [0.15, 0.2) is 0 Å². The maximum atomic E-state index is 10.9. The summed E-state index contributed by atoms with van der Waals surface area (Å²) in [7, 11) is 0. The van der Waals surface area contributed by atoms with Crippen molar-refractivity contribution < 1.29 is 29.2 Å². The summed E-state index contributed by atoms with van der Waals surface area (Å²) in [5.41, 5.74) is 0. The molecule has 6 heteroatoms. The van der Waals surface area contributed by atoms with E-state index in [1.807, 2.05) is 0 Å². The lowest BCUT2D eigenvalue weighted by molar-refractivity contribution is -0.224. The Morgan fingerprint density at radius 3 is 1.08 bits per heavy atom. The summed E-state index contributed by atoms with van der Waals surface area (Å²) in [5.74, 6) is -1.26. The quantitative estimate of drug-likeness (QED) is 0.698. The molecule has 3 saturated carbocycles. The highest BCUT2D eigenvalue weighted by molar-refractivity contribution is 5.09. The van der Waals surface area contributed by atoms with Crippen LogP contribution in [-0.4, -0.2) is 58.4 Å². The Balaban J connectivity index is 1.38. The molecule has 5 aliphatic rings. The molecule has 6 nitrogen and oxygen atoms in total. The lowest BCUT2D eigenvalue weighted by atomic mass is 9.85. The number of fused-ring (bicyclic) bond motifs is 2. The Kier molecular flexibility index (Phi) is 3.75. The SMILES string of the molecule is OC1[C@H]2OC3(CCCCC3)O[C@H]2C(O)[C@@H]2OC3(CCCCC3)O[C@H]12. The Morgan fingerprint density at radius 2 is 0.792 bits per heavy atom. The Bertz CT molecular complexity index is 412. The molecule has 0 amide bonds. The van der Waals surface area contributed by atoms with Crippen molar-refractivity contribution in [2.45, 2.75) is 112 Å². The fourth-order valence-electron chi connectivity index (χ4n) is 5.40. The van der Waals surface area contributed by atoms with Crippen LogP contribution in [0.25, 0.3) is 0 Å². The van der Waals surface area contributed by atoms with Crippen LogP contribution in [0.4, 0.5) is 0 Å². The largest absolute Gasteiger partial charge is 0.387 e. The molecule has 0 unspecified atom stereocenters. The molecule has 4 atom stereocenters. The minimum atomic E-state index is -0.814. The summed E-state index contributed by atoms with van der Waals surface area (Å²) in [6.45, 7) is 0. The summed E-state index contributed by atoms with van der Waals surface area (Å²) < 4.78 is 24.8. The van der Waals surface area contributed by atoms with Crippen molar-refractivity contribution in [3.05, 3.63) is 0 Å². The van der Waals surface area contributed by atoms with Gasteiger partial charge in [0.1, 0.15) is 36.6 Å². The van der Waals surface area contributed by atoms with Crippen LogP contribution in [-0.2, 0) is 18.9 Å². The average Bonchev–Trinajstić information content (AvgIpc) is 3.14. The maximum Gasteiger partial charge on any atom is 0.169 e. The second kappa shape index (κ2) is 5.63. The van der Waals surface area contributed by atoms with Crippen LogP contribution < -0.4 is 0 Å². The van der Waals surface area contributed by atoms with Crippen LogP contribution in [0.2, 0.25) is 0 Å². The van der Waals surface area contributed by atoms with Crippen LogP contribution in [0, 0.1) is 0 Å². The fourth-order valence-corrected chi connectivity index (χ4v) is 5.40. The molecule has 0 bridgehead atoms. The van der Waals surface area contributed by atoms with E-state index in [9.17, 15) is 10.2 Å². The van der Waals surface area contributed by atoms with Gasteiger partial charge >= 0.3 is 0 Å². The number of rotatable bonds is 0. The average molecular weight is 340 g/mol. The minimum Gasteiger partial charge on any atom is -0.387 e. The van der Waals surface area contributed by atoms with Gasteiger partial charge in [-0.3, -0.25) is 0 Å². The van der Waals surface area contributed by atoms with E-state index in [2.05, 4.69) is 0 Å². The molecule has 0 aromatic carbocycles. The van der Waals surface area contributed by atoms with Gasteiger partial charge in [0.25, 0.3) is 0 Å². The van der Waals surface area contributed by atoms with Crippen molar-refractivity contribution >= 4 is 0 Å². The third-order valence-electron chi connectivity index (χ3n) is 6.63. The first-order chi connectivity index (χ1) is 11.6. The lowest BCUT2D eigenvalue weighted by Crippen LogP contribution is -2.61. The van der Waals surface area contributed by atoms with Crippen LogP contribution in [0.3, 0.4) is 0 Å². The van der Waals surface area contributed by atoms with Gasteiger partial charge in [0.15, 0.2) is 11.6 Å². The Morgan fingerprint density at radius 1 is 0.500 bits per heavy atom. The Labute approximate surface area is 142 Å². The molecule has 2 N–H and O–H groups in total. The number of aliphatic hydroxyl groups excluding tert-OH is 2. The zero-order valence-corrected chi connectivity index (χ0v) is 14.1. The summed E-state index contributed by atoms with van der Waals surface area (Å²) in [6.07, 6.45) is 6.24. The number of ether oxygens (including phenoxy) is 4. The van der Waals surface area contributed by atoms with E-state index in [-0.39, 0.29) is 0 Å². The van der Waals surface area contributed by atoms with Crippen LogP contribution in [0.5, 0.6) is 0 Å². The molecular formula is C18H28O6. The lowest BCUT2D eigenvalue weighted by Gasteiger charge is -2.38. The standard InChI is InChI=1S/C18H28O6/c19-11-13-14(22-17(21-13)7-3-1-4-8-17)12(20)16-15(11)23-18(24-16)9-5-2-6-10-18/h11-16,19-20H,1-10H2/t11?,12?,13-,14+,15-,16+. The molecule has 2 heterocycles. The van der Waals surface area contributed by atoms with Gasteiger partial charge in [-0.1, -0.05) is 12.8 Å². The van der Waals surface area contributed by atoms with E-state index in [1.165, 1.54) is 12.8 Å². The molecule has 5 rings (SSSR count). The molecule has 5 fully saturated rings. The maximum absolute atomic E-state index is 10.9. The van der Waals surface area contributed by atoms with Gasteiger partial charge in [-0.05, 0) is 25.7 Å². The summed E-state index contributed by atoms with van der Waals surface area (Å²) in [4.78, 5) is 0. The van der Waals surface area contributed by atoms with Gasteiger partial charge in [-0.15, -0.1) is 0 Å². The second-order valence-corrected chi connectivity index (χ2v) is 8.25. The number of hydrogen-bond acceptors (Lipinski definition) is 6. The van der Waals surface area contributed by atoms with Gasteiger partial charge in [0.05, 0.1) is 0 Å². The first-order valence-corrected chi connectivity index (χ1v) is 9.69. The number of aliphatic hydroxyl groups is 2. The van der Waals surface area contributed by atoms with Gasteiger partial charge in [0.2, 0.25) is 0 Å². The molecule has 3 aliphatic carbocycles. The zero-order valence-electron chi connectivity index (χ0n) is 14.1. The normalized spacial score (nSPS) is 49.2. The first-order valence-electron chi connectivity index (χ1n) is 9.69. The smallest absolute Gasteiger partial charge is 0.169 e. The van der Waals surface area contributed by atoms with Crippen molar-refractivity contribution in [1.82, 2.24) is 0 Å². The molecule has 0 aromatic heterocycles. The van der Waals surface area contributed by atoms with E-state index < -0.39 is 48.2 Å². The highest BCUT2D eigenvalue weighted by Crippen LogP contribution is 2.50. The molecule has 0 radical (unpaired) electrons. The predicted molar refractivity (Wildman–Crippen MR) is 83.1 cm³/mol. The second-order valence-electron chi connectivity index (χ2n) is 8.25. The third-order valence-corrected chi connectivity index (χ3v) is 6.63. The summed E-state index contributed by atoms with van der Waals surface area (Å²) in [5, 5.41) is 21.7. The van der Waals surface area contributed by atoms with Gasteiger partial charge in [-0.25, -0.2) is 0 Å². The molecule has 2 spiro atoms. The first kappa shape index (κ1) is 16.0. The van der Waals surface area contributed by atoms with Crippen molar-refractivity contribution in [2.24, 2.45) is 0 Å². The highest BCUT2D eigenvalue weighted by Gasteiger charge is 2.65. The molecular weight excluding hydrogens is 312 g/mol. The molecule has 2 saturated heterocycles. The topological polar surface area (TPSA) is 77.4 Å². The van der Waals surface area contributed by atoms with Crippen molar-refractivity contribution in [3.63, 3.8) is 0 Å². The molecule has 136 valence electrons. The van der Waals surface area contributed by atoms with Crippen molar-refractivity contribution in [1.29, 1.82) is 0 Å². The third kappa shape index (κ3) is 2.31. The van der Waals surface area contributed by atoms with Crippen molar-refractivity contribution in [3.8, 4) is 0 Å². The van der Waals surface area contributed by atoms with Crippen molar-refractivity contribution in [2.75, 3.05) is 0 Å². The van der Waals surface area contributed by atoms with E-state index in [0.29, 0.717) is 0 Å². The fraction of sp³-hybridized carbons (Fsp3) is 1.00. The predicted octanol–water partition coefficient (Wildman–Crippen LogP) is 1.61. The summed E-state index contributed by atoms with van der Waals surface area (Å²) in [6, 6.07) is 0. The number of hydrogen-bond donors (Lipinski definition) is 2. The van der Waals surface area contributed by atoms with E-state index in [0.717, 1.165) is 51.4 Å².